The van der Waals surface area contributed by atoms with Crippen molar-refractivity contribution < 1.29 is 0 Å². The minimum absolute atomic E-state index is 0.496. The summed E-state index contributed by atoms with van der Waals surface area (Å²) in [6.45, 7) is 1.25. The van der Waals surface area contributed by atoms with E-state index >= 15 is 0 Å². The van der Waals surface area contributed by atoms with Gasteiger partial charge in [0, 0.05) is 12.1 Å². The molecule has 3 N–H and O–H groups in total. The van der Waals surface area contributed by atoms with E-state index in [1.54, 1.807) is 0 Å². The highest BCUT2D eigenvalue weighted by Crippen LogP contribution is 2.23. The normalized spacial score (nSPS) is 34.2. The molecule has 2 fully saturated rings. The molecule has 0 radical (unpaired) electrons. The molecule has 15 heavy (non-hydrogen) atoms. The van der Waals surface area contributed by atoms with E-state index in [1.807, 2.05) is 0 Å². The van der Waals surface area contributed by atoms with Crippen molar-refractivity contribution in [2.75, 3.05) is 6.54 Å². The molecule has 0 amide bonds. The average Bonchev–Trinajstić information content (AvgIpc) is 2.30. The zero-order valence-electron chi connectivity index (χ0n) is 9.88. The number of nitrogens with two attached hydrogens (primary N) is 1. The molecule has 0 aromatic rings. The number of nitrogens with one attached hydrogen (secondary N) is 1. The van der Waals surface area contributed by atoms with Gasteiger partial charge in [0.05, 0.1) is 0 Å². The van der Waals surface area contributed by atoms with Gasteiger partial charge in [0.2, 0.25) is 0 Å². The summed E-state index contributed by atoms with van der Waals surface area (Å²) in [7, 11) is 0. The van der Waals surface area contributed by atoms with Crippen LogP contribution in [0.4, 0.5) is 0 Å². The van der Waals surface area contributed by atoms with E-state index in [4.69, 9.17) is 5.73 Å². The first-order valence-corrected chi connectivity index (χ1v) is 6.83. The number of hydrogen-bond acceptors (Lipinski definition) is 2. The Labute approximate surface area is 94.0 Å². The van der Waals surface area contributed by atoms with Crippen LogP contribution in [0.15, 0.2) is 0 Å². The molecular weight excluding hydrogens is 184 g/mol. The third-order valence-corrected chi connectivity index (χ3v) is 4.19. The van der Waals surface area contributed by atoms with Gasteiger partial charge in [-0.05, 0) is 51.0 Å². The summed E-state index contributed by atoms with van der Waals surface area (Å²) in [6.07, 6.45) is 12.3. The summed E-state index contributed by atoms with van der Waals surface area (Å²) in [4.78, 5) is 0. The van der Waals surface area contributed by atoms with Gasteiger partial charge in [-0.2, -0.15) is 0 Å². The summed E-state index contributed by atoms with van der Waals surface area (Å²) >= 11 is 0. The van der Waals surface area contributed by atoms with Crippen molar-refractivity contribution in [3.63, 3.8) is 0 Å². The summed E-state index contributed by atoms with van der Waals surface area (Å²) in [6, 6.07) is 1.32. The van der Waals surface area contributed by atoms with E-state index in [-0.39, 0.29) is 0 Å². The Bertz CT molecular complexity index is 167. The van der Waals surface area contributed by atoms with Crippen molar-refractivity contribution >= 4 is 0 Å². The number of rotatable bonds is 3. The maximum Gasteiger partial charge on any atom is 0.00671 e. The Morgan fingerprint density at radius 3 is 2.20 bits per heavy atom. The summed E-state index contributed by atoms with van der Waals surface area (Å²) in [5.41, 5.74) is 5.92. The fourth-order valence-electron chi connectivity index (χ4n) is 3.03. The van der Waals surface area contributed by atoms with Crippen molar-refractivity contribution in [3.8, 4) is 0 Å². The molecule has 0 heterocycles. The minimum atomic E-state index is 0.496. The molecule has 0 saturated heterocycles. The second kappa shape index (κ2) is 5.86. The van der Waals surface area contributed by atoms with Crippen LogP contribution in [0.25, 0.3) is 0 Å². The maximum absolute atomic E-state index is 5.92. The molecule has 0 bridgehead atoms. The second-order valence-corrected chi connectivity index (χ2v) is 5.52. The Hall–Kier alpha value is -0.0800. The SMILES string of the molecule is N[C@H]1CC[C@H](CNC2CCCCC2)CC1. The molecule has 0 atom stereocenters. The maximum atomic E-state index is 5.92. The van der Waals surface area contributed by atoms with Crippen molar-refractivity contribution in [2.24, 2.45) is 11.7 Å². The van der Waals surface area contributed by atoms with Crippen molar-refractivity contribution in [3.05, 3.63) is 0 Å². The second-order valence-electron chi connectivity index (χ2n) is 5.52. The van der Waals surface area contributed by atoms with Crippen LogP contribution in [0.3, 0.4) is 0 Å². The van der Waals surface area contributed by atoms with Crippen LogP contribution in [0, 0.1) is 5.92 Å². The predicted octanol–water partition coefficient (Wildman–Crippen LogP) is 2.43. The van der Waals surface area contributed by atoms with Gasteiger partial charge in [-0.3, -0.25) is 0 Å². The standard InChI is InChI=1S/C13H26N2/c14-12-8-6-11(7-9-12)10-15-13-4-2-1-3-5-13/h11-13,15H,1-10,14H2/t11-,12-. The van der Waals surface area contributed by atoms with Gasteiger partial charge in [-0.25, -0.2) is 0 Å². The Morgan fingerprint density at radius 2 is 1.53 bits per heavy atom. The first-order chi connectivity index (χ1) is 7.34. The largest absolute Gasteiger partial charge is 0.328 e. The van der Waals surface area contributed by atoms with Crippen molar-refractivity contribution in [1.29, 1.82) is 0 Å². The molecule has 2 aliphatic rings. The molecule has 0 unspecified atom stereocenters. The van der Waals surface area contributed by atoms with Gasteiger partial charge in [-0.15, -0.1) is 0 Å². The summed E-state index contributed by atoms with van der Waals surface area (Å²) < 4.78 is 0. The van der Waals surface area contributed by atoms with Gasteiger partial charge in [0.1, 0.15) is 0 Å². The fourth-order valence-corrected chi connectivity index (χ4v) is 3.03. The molecule has 0 aromatic heterocycles. The van der Waals surface area contributed by atoms with Crippen molar-refractivity contribution in [2.45, 2.75) is 69.9 Å². The topological polar surface area (TPSA) is 38.0 Å². The highest BCUT2D eigenvalue weighted by Gasteiger charge is 2.20. The van der Waals surface area contributed by atoms with Crippen LogP contribution in [0.1, 0.15) is 57.8 Å². The average molecular weight is 210 g/mol. The zero-order valence-corrected chi connectivity index (χ0v) is 9.88. The molecule has 0 spiro atoms. The van der Waals surface area contributed by atoms with Crippen LogP contribution in [-0.2, 0) is 0 Å². The van der Waals surface area contributed by atoms with E-state index in [9.17, 15) is 0 Å². The summed E-state index contributed by atoms with van der Waals surface area (Å²) in [5, 5.41) is 3.77. The lowest BCUT2D eigenvalue weighted by molar-refractivity contribution is 0.285. The van der Waals surface area contributed by atoms with Crippen LogP contribution >= 0.6 is 0 Å². The van der Waals surface area contributed by atoms with Crippen molar-refractivity contribution in [1.82, 2.24) is 5.32 Å². The van der Waals surface area contributed by atoms with Gasteiger partial charge < -0.3 is 11.1 Å². The Balaban J connectivity index is 1.60. The lowest BCUT2D eigenvalue weighted by Crippen LogP contribution is -2.37. The monoisotopic (exact) mass is 210 g/mol. The van der Waals surface area contributed by atoms with E-state index in [2.05, 4.69) is 5.32 Å². The lowest BCUT2D eigenvalue weighted by Gasteiger charge is -2.29. The van der Waals surface area contributed by atoms with Crippen LogP contribution < -0.4 is 11.1 Å². The highest BCUT2D eigenvalue weighted by atomic mass is 14.9. The third-order valence-electron chi connectivity index (χ3n) is 4.19. The number of hydrogen-bond donors (Lipinski definition) is 2. The predicted molar refractivity (Wildman–Crippen MR) is 64.8 cm³/mol. The molecule has 2 nitrogen and oxygen atoms in total. The molecule has 88 valence electrons. The minimum Gasteiger partial charge on any atom is -0.328 e. The van der Waals surface area contributed by atoms with E-state index < -0.39 is 0 Å². The smallest absolute Gasteiger partial charge is 0.00671 e. The van der Waals surface area contributed by atoms with Crippen LogP contribution in [-0.4, -0.2) is 18.6 Å². The van der Waals surface area contributed by atoms with E-state index in [0.29, 0.717) is 6.04 Å². The molecular formula is C13H26N2. The van der Waals surface area contributed by atoms with E-state index in [1.165, 1.54) is 64.3 Å². The van der Waals surface area contributed by atoms with Gasteiger partial charge in [-0.1, -0.05) is 19.3 Å². The van der Waals surface area contributed by atoms with Crippen LogP contribution in [0.2, 0.25) is 0 Å². The highest BCUT2D eigenvalue weighted by molar-refractivity contribution is 4.78. The lowest BCUT2D eigenvalue weighted by atomic mass is 9.86. The van der Waals surface area contributed by atoms with Gasteiger partial charge in [0.15, 0.2) is 0 Å². The molecule has 0 aliphatic heterocycles. The summed E-state index contributed by atoms with van der Waals surface area (Å²) in [5.74, 6) is 0.909. The quantitative estimate of drug-likeness (QED) is 0.751. The van der Waals surface area contributed by atoms with Crippen LogP contribution in [0.5, 0.6) is 0 Å². The zero-order chi connectivity index (χ0) is 10.5. The van der Waals surface area contributed by atoms with Gasteiger partial charge in [0.25, 0.3) is 0 Å². The van der Waals surface area contributed by atoms with E-state index in [0.717, 1.165) is 12.0 Å². The van der Waals surface area contributed by atoms with Gasteiger partial charge >= 0.3 is 0 Å². The fraction of sp³-hybridized carbons (Fsp3) is 1.00. The first kappa shape index (κ1) is 11.4. The molecule has 2 saturated carbocycles. The molecule has 2 rings (SSSR count). The molecule has 2 aliphatic carbocycles. The molecule has 2 heteroatoms. The first-order valence-electron chi connectivity index (χ1n) is 6.83. The third kappa shape index (κ3) is 3.76. The Kier molecular flexibility index (Phi) is 4.45. The molecule has 0 aromatic carbocycles. The Morgan fingerprint density at radius 1 is 0.867 bits per heavy atom.